The van der Waals surface area contributed by atoms with Crippen LogP contribution in [0.1, 0.15) is 26.7 Å². The number of thioether (sulfide) groups is 1. The summed E-state index contributed by atoms with van der Waals surface area (Å²) in [7, 11) is 0. The van der Waals surface area contributed by atoms with Crippen LogP contribution in [-0.4, -0.2) is 16.0 Å². The second-order valence-electron chi connectivity index (χ2n) is 4.34. The van der Waals surface area contributed by atoms with Crippen molar-refractivity contribution in [1.82, 2.24) is 0 Å². The molecule has 0 bridgehead atoms. The van der Waals surface area contributed by atoms with E-state index < -0.39 is 5.60 Å². The summed E-state index contributed by atoms with van der Waals surface area (Å²) in [6.45, 7) is 7.63. The Labute approximate surface area is 103 Å². The fourth-order valence-electron chi connectivity index (χ4n) is 1.39. The average molecular weight is 236 g/mol. The van der Waals surface area contributed by atoms with Crippen LogP contribution in [0, 0.1) is 0 Å². The van der Waals surface area contributed by atoms with Crippen LogP contribution in [-0.2, 0) is 0 Å². The second kappa shape index (κ2) is 6.12. The van der Waals surface area contributed by atoms with Gasteiger partial charge in [0.25, 0.3) is 0 Å². The Morgan fingerprint density at radius 3 is 2.62 bits per heavy atom. The number of hydrogen-bond donors (Lipinski definition) is 1. The van der Waals surface area contributed by atoms with Gasteiger partial charge in [-0.2, -0.15) is 0 Å². The summed E-state index contributed by atoms with van der Waals surface area (Å²) in [6.07, 6.45) is 3.36. The summed E-state index contributed by atoms with van der Waals surface area (Å²) >= 11 is 1.85. The highest BCUT2D eigenvalue weighted by Gasteiger charge is 2.16. The Hall–Kier alpha value is -0.730. The van der Waals surface area contributed by atoms with Crippen LogP contribution in [0.5, 0.6) is 0 Å². The van der Waals surface area contributed by atoms with Crippen LogP contribution in [0.4, 0.5) is 0 Å². The number of benzene rings is 1. The first-order valence-corrected chi connectivity index (χ1v) is 6.49. The molecule has 0 amide bonds. The van der Waals surface area contributed by atoms with Crippen molar-refractivity contribution in [2.45, 2.75) is 42.4 Å². The zero-order valence-electron chi connectivity index (χ0n) is 10.0. The minimum absolute atomic E-state index is 0.508. The van der Waals surface area contributed by atoms with Crippen LogP contribution in [0.25, 0.3) is 0 Å². The Balaban J connectivity index is 2.37. The fraction of sp³-hybridized carbons (Fsp3) is 0.429. The minimum atomic E-state index is -0.731. The molecule has 1 nitrogen and oxygen atoms in total. The maximum Gasteiger partial charge on any atom is 0.0797 e. The molecule has 0 heterocycles. The van der Waals surface area contributed by atoms with Gasteiger partial charge in [0.05, 0.1) is 5.60 Å². The Morgan fingerprint density at radius 1 is 1.44 bits per heavy atom. The van der Waals surface area contributed by atoms with E-state index in [0.717, 1.165) is 12.8 Å². The third-order valence-electron chi connectivity index (χ3n) is 2.58. The second-order valence-corrected chi connectivity index (χ2v) is 5.85. The summed E-state index contributed by atoms with van der Waals surface area (Å²) in [5, 5.41) is 10.3. The van der Waals surface area contributed by atoms with E-state index in [1.807, 2.05) is 17.8 Å². The van der Waals surface area contributed by atoms with Gasteiger partial charge in [-0.15, -0.1) is 18.3 Å². The van der Waals surface area contributed by atoms with Crippen LogP contribution in [0.3, 0.4) is 0 Å². The lowest BCUT2D eigenvalue weighted by Gasteiger charge is -2.20. The molecule has 0 saturated heterocycles. The van der Waals surface area contributed by atoms with Crippen molar-refractivity contribution >= 4 is 11.8 Å². The van der Waals surface area contributed by atoms with E-state index in [4.69, 9.17) is 0 Å². The predicted octanol–water partition coefficient (Wildman–Crippen LogP) is 3.88. The molecule has 2 unspecified atom stereocenters. The fourth-order valence-corrected chi connectivity index (χ4v) is 2.40. The molecular weight excluding hydrogens is 216 g/mol. The van der Waals surface area contributed by atoms with Crippen molar-refractivity contribution in [1.29, 1.82) is 0 Å². The molecule has 0 aromatic heterocycles. The lowest BCUT2D eigenvalue weighted by Crippen LogP contribution is -2.21. The molecule has 1 N–H and O–H groups in total. The van der Waals surface area contributed by atoms with E-state index in [-0.39, 0.29) is 0 Å². The summed E-state index contributed by atoms with van der Waals surface area (Å²) in [6, 6.07) is 10.4. The molecule has 0 fully saturated rings. The van der Waals surface area contributed by atoms with Crippen LogP contribution >= 0.6 is 11.8 Å². The first-order chi connectivity index (χ1) is 7.53. The van der Waals surface area contributed by atoms with Gasteiger partial charge in [-0.1, -0.05) is 31.2 Å². The monoisotopic (exact) mass is 236 g/mol. The van der Waals surface area contributed by atoms with Crippen molar-refractivity contribution in [2.24, 2.45) is 0 Å². The Bertz CT molecular complexity index is 319. The zero-order chi connectivity index (χ0) is 12.0. The molecule has 0 aliphatic heterocycles. The van der Waals surface area contributed by atoms with Gasteiger partial charge in [0.2, 0.25) is 0 Å². The van der Waals surface area contributed by atoms with E-state index in [2.05, 4.69) is 37.8 Å². The maximum atomic E-state index is 9.81. The van der Waals surface area contributed by atoms with E-state index >= 15 is 0 Å². The topological polar surface area (TPSA) is 20.2 Å². The maximum absolute atomic E-state index is 9.81. The Morgan fingerprint density at radius 2 is 2.06 bits per heavy atom. The average Bonchev–Trinajstić information content (AvgIpc) is 2.28. The third kappa shape index (κ3) is 4.86. The smallest absolute Gasteiger partial charge is 0.0797 e. The standard InChI is InChI=1S/C14H20OS/c1-4-14(3,15)11-10-12(2)16-13-8-6-5-7-9-13/h4-9,12,15H,1,10-11H2,2-3H3. The van der Waals surface area contributed by atoms with Crippen molar-refractivity contribution in [2.75, 3.05) is 0 Å². The van der Waals surface area contributed by atoms with Gasteiger partial charge in [-0.05, 0) is 31.9 Å². The molecule has 0 spiro atoms. The van der Waals surface area contributed by atoms with Crippen molar-refractivity contribution in [3.05, 3.63) is 43.0 Å². The zero-order valence-corrected chi connectivity index (χ0v) is 10.8. The lowest BCUT2D eigenvalue weighted by atomic mass is 10.00. The first-order valence-electron chi connectivity index (χ1n) is 5.61. The molecular formula is C14H20OS. The van der Waals surface area contributed by atoms with Gasteiger partial charge < -0.3 is 5.11 Å². The van der Waals surface area contributed by atoms with Crippen molar-refractivity contribution in [3.8, 4) is 0 Å². The number of rotatable bonds is 6. The van der Waals surface area contributed by atoms with Gasteiger partial charge >= 0.3 is 0 Å². The van der Waals surface area contributed by atoms with Crippen molar-refractivity contribution in [3.63, 3.8) is 0 Å². The number of aliphatic hydroxyl groups is 1. The molecule has 1 rings (SSSR count). The van der Waals surface area contributed by atoms with E-state index in [1.165, 1.54) is 4.90 Å². The van der Waals surface area contributed by atoms with Crippen LogP contribution in [0.15, 0.2) is 47.9 Å². The first kappa shape index (κ1) is 13.3. The molecule has 1 aromatic rings. The molecule has 0 radical (unpaired) electrons. The van der Waals surface area contributed by atoms with Crippen LogP contribution < -0.4 is 0 Å². The third-order valence-corrected chi connectivity index (χ3v) is 3.76. The molecule has 0 aliphatic carbocycles. The summed E-state index contributed by atoms with van der Waals surface area (Å²) in [4.78, 5) is 1.29. The van der Waals surface area contributed by atoms with Gasteiger partial charge in [-0.3, -0.25) is 0 Å². The predicted molar refractivity (Wildman–Crippen MR) is 71.8 cm³/mol. The molecule has 2 atom stereocenters. The summed E-state index contributed by atoms with van der Waals surface area (Å²) in [5.74, 6) is 0. The molecule has 2 heteroatoms. The van der Waals surface area contributed by atoms with Gasteiger partial charge in [0.1, 0.15) is 0 Å². The molecule has 0 aliphatic rings. The van der Waals surface area contributed by atoms with E-state index in [0.29, 0.717) is 5.25 Å². The quantitative estimate of drug-likeness (QED) is 0.597. The van der Waals surface area contributed by atoms with E-state index in [1.54, 1.807) is 13.0 Å². The van der Waals surface area contributed by atoms with Gasteiger partial charge in [0, 0.05) is 10.1 Å². The van der Waals surface area contributed by atoms with Gasteiger partial charge in [0.15, 0.2) is 0 Å². The number of hydrogen-bond acceptors (Lipinski definition) is 2. The van der Waals surface area contributed by atoms with Crippen molar-refractivity contribution < 1.29 is 5.11 Å². The highest BCUT2D eigenvalue weighted by atomic mass is 32.2. The Kier molecular flexibility index (Phi) is 5.10. The highest BCUT2D eigenvalue weighted by molar-refractivity contribution is 7.99. The molecule has 1 aromatic carbocycles. The summed E-state index contributed by atoms with van der Waals surface area (Å²) in [5.41, 5.74) is -0.731. The largest absolute Gasteiger partial charge is 0.386 e. The van der Waals surface area contributed by atoms with Gasteiger partial charge in [-0.25, -0.2) is 0 Å². The highest BCUT2D eigenvalue weighted by Crippen LogP contribution is 2.27. The SMILES string of the molecule is C=CC(C)(O)CCC(C)Sc1ccccc1. The summed E-state index contributed by atoms with van der Waals surface area (Å²) < 4.78 is 0. The molecule has 0 saturated carbocycles. The van der Waals surface area contributed by atoms with E-state index in [9.17, 15) is 5.11 Å². The normalized spacial score (nSPS) is 16.4. The van der Waals surface area contributed by atoms with Crippen LogP contribution in [0.2, 0.25) is 0 Å². The lowest BCUT2D eigenvalue weighted by molar-refractivity contribution is 0.1000. The molecule has 88 valence electrons. The minimum Gasteiger partial charge on any atom is -0.386 e. The molecule has 16 heavy (non-hydrogen) atoms.